The van der Waals surface area contributed by atoms with E-state index >= 15 is 4.39 Å². The number of benzene rings is 4. The van der Waals surface area contributed by atoms with Gasteiger partial charge in [-0.25, -0.2) is 12.8 Å². The van der Waals surface area contributed by atoms with Gasteiger partial charge in [0.1, 0.15) is 29.9 Å². The highest BCUT2D eigenvalue weighted by molar-refractivity contribution is 7.92. The molecule has 11 heteroatoms. The van der Waals surface area contributed by atoms with Crippen molar-refractivity contribution in [3.63, 3.8) is 0 Å². The molecule has 248 valence electrons. The third-order valence-electron chi connectivity index (χ3n) is 7.85. The molecule has 4 rings (SSSR count). The molecule has 0 aliphatic carbocycles. The van der Waals surface area contributed by atoms with E-state index in [1.165, 1.54) is 67.7 Å². The smallest absolute Gasteiger partial charge is 0.264 e. The van der Waals surface area contributed by atoms with Crippen LogP contribution in [-0.4, -0.2) is 58.0 Å². The van der Waals surface area contributed by atoms with Crippen molar-refractivity contribution in [2.24, 2.45) is 0 Å². The number of carbonyl (C=O) groups excluding carboxylic acids is 2. The topological polar surface area (TPSA) is 105 Å². The van der Waals surface area contributed by atoms with E-state index in [1.807, 2.05) is 44.2 Å². The fraction of sp³-hybridized carbons (Fsp3) is 0.278. The number of rotatable bonds is 15. The molecule has 0 aliphatic rings. The number of anilines is 1. The van der Waals surface area contributed by atoms with E-state index in [4.69, 9.17) is 9.47 Å². The number of hydrogen-bond donors (Lipinski definition) is 1. The van der Waals surface area contributed by atoms with Gasteiger partial charge < -0.3 is 19.7 Å². The van der Waals surface area contributed by atoms with Crippen molar-refractivity contribution < 1.29 is 31.9 Å². The molecule has 0 radical (unpaired) electrons. The van der Waals surface area contributed by atoms with Gasteiger partial charge in [-0.05, 0) is 61.4 Å². The van der Waals surface area contributed by atoms with Crippen molar-refractivity contribution in [1.82, 2.24) is 10.2 Å². The molecule has 2 amide bonds. The van der Waals surface area contributed by atoms with Crippen molar-refractivity contribution in [2.75, 3.05) is 25.1 Å². The maximum atomic E-state index is 15.1. The van der Waals surface area contributed by atoms with Crippen LogP contribution in [0.3, 0.4) is 0 Å². The van der Waals surface area contributed by atoms with Gasteiger partial charge >= 0.3 is 0 Å². The quantitative estimate of drug-likeness (QED) is 0.178. The molecule has 0 aromatic heterocycles. The summed E-state index contributed by atoms with van der Waals surface area (Å²) in [6, 6.07) is 26.1. The lowest BCUT2D eigenvalue weighted by Gasteiger charge is -2.34. The van der Waals surface area contributed by atoms with Crippen LogP contribution in [0.2, 0.25) is 0 Å². The monoisotopic (exact) mass is 661 g/mol. The molecular weight excluding hydrogens is 621 g/mol. The molecule has 0 heterocycles. The molecule has 0 saturated heterocycles. The Morgan fingerprint density at radius 2 is 1.49 bits per heavy atom. The molecule has 0 aliphatic heterocycles. The Kier molecular flexibility index (Phi) is 12.0. The standard InChI is InChI=1S/C36H40FN3O6S/c1-5-26(2)38-36(42)33(23-27-13-7-6-8-14-27)39(24-28-15-9-10-16-31(28)37)35(41)25-40(32-17-11-12-18-34(32)46-4)47(43,44)30-21-19-29(45-3)20-22-30/h6-22,26,33H,5,23-25H2,1-4H3,(H,38,42)/t26-,33+/m1/s1. The number of amides is 2. The lowest BCUT2D eigenvalue weighted by Crippen LogP contribution is -2.54. The van der Waals surface area contributed by atoms with Crippen LogP contribution in [0.5, 0.6) is 11.5 Å². The molecule has 1 N–H and O–H groups in total. The molecule has 0 bridgehead atoms. The highest BCUT2D eigenvalue weighted by Gasteiger charge is 2.36. The molecule has 2 atom stereocenters. The molecule has 0 spiro atoms. The number of hydrogen-bond acceptors (Lipinski definition) is 6. The van der Waals surface area contributed by atoms with Crippen molar-refractivity contribution in [3.8, 4) is 11.5 Å². The number of carbonyl (C=O) groups is 2. The normalized spacial score (nSPS) is 12.4. The lowest BCUT2D eigenvalue weighted by atomic mass is 10.0. The first-order valence-corrected chi connectivity index (χ1v) is 16.7. The lowest BCUT2D eigenvalue weighted by molar-refractivity contribution is -0.140. The van der Waals surface area contributed by atoms with E-state index in [0.29, 0.717) is 12.2 Å². The Hall–Kier alpha value is -4.90. The minimum Gasteiger partial charge on any atom is -0.497 e. The fourth-order valence-electron chi connectivity index (χ4n) is 5.03. The van der Waals surface area contributed by atoms with Crippen molar-refractivity contribution in [1.29, 1.82) is 0 Å². The minimum absolute atomic E-state index is 0.0898. The fourth-order valence-corrected chi connectivity index (χ4v) is 6.45. The van der Waals surface area contributed by atoms with Gasteiger partial charge in [-0.15, -0.1) is 0 Å². The molecule has 0 saturated carbocycles. The van der Waals surface area contributed by atoms with E-state index in [9.17, 15) is 18.0 Å². The van der Waals surface area contributed by atoms with Gasteiger partial charge in [0.25, 0.3) is 10.0 Å². The summed E-state index contributed by atoms with van der Waals surface area (Å²) in [6.07, 6.45) is 0.760. The number of methoxy groups -OCH3 is 2. The van der Waals surface area contributed by atoms with Crippen LogP contribution >= 0.6 is 0 Å². The van der Waals surface area contributed by atoms with Gasteiger partial charge in [0.15, 0.2) is 0 Å². The Balaban J connectivity index is 1.84. The Morgan fingerprint density at radius 3 is 2.13 bits per heavy atom. The van der Waals surface area contributed by atoms with Crippen molar-refractivity contribution >= 4 is 27.5 Å². The van der Waals surface area contributed by atoms with Crippen LogP contribution in [0.4, 0.5) is 10.1 Å². The van der Waals surface area contributed by atoms with Gasteiger partial charge in [-0.3, -0.25) is 13.9 Å². The summed E-state index contributed by atoms with van der Waals surface area (Å²) in [5.74, 6) is -1.03. The highest BCUT2D eigenvalue weighted by atomic mass is 32.2. The number of nitrogens with one attached hydrogen (secondary N) is 1. The molecule has 0 fully saturated rings. The van der Waals surface area contributed by atoms with Gasteiger partial charge in [0, 0.05) is 24.6 Å². The van der Waals surface area contributed by atoms with Crippen molar-refractivity contribution in [2.45, 2.75) is 50.2 Å². The summed E-state index contributed by atoms with van der Waals surface area (Å²) in [7, 11) is -1.50. The van der Waals surface area contributed by atoms with E-state index in [1.54, 1.807) is 24.3 Å². The first-order valence-electron chi connectivity index (χ1n) is 15.3. The zero-order chi connectivity index (χ0) is 34.0. The van der Waals surface area contributed by atoms with Crippen LogP contribution in [0.15, 0.2) is 108 Å². The second-order valence-corrected chi connectivity index (χ2v) is 12.9. The predicted molar refractivity (Wildman–Crippen MR) is 179 cm³/mol. The van der Waals surface area contributed by atoms with E-state index < -0.39 is 40.2 Å². The Morgan fingerprint density at radius 1 is 0.851 bits per heavy atom. The molecule has 4 aromatic carbocycles. The van der Waals surface area contributed by atoms with Crippen LogP contribution < -0.4 is 19.1 Å². The maximum absolute atomic E-state index is 15.1. The summed E-state index contributed by atoms with van der Waals surface area (Å²) in [5, 5.41) is 2.97. The van der Waals surface area contributed by atoms with Crippen LogP contribution in [-0.2, 0) is 32.6 Å². The summed E-state index contributed by atoms with van der Waals surface area (Å²) in [5.41, 5.74) is 1.07. The zero-order valence-corrected chi connectivity index (χ0v) is 27.7. The summed E-state index contributed by atoms with van der Waals surface area (Å²) < 4.78 is 55.3. The molecular formula is C36H40FN3O6S. The SMILES string of the molecule is CC[C@@H](C)NC(=O)[C@H](Cc1ccccc1)N(Cc1ccccc1F)C(=O)CN(c1ccccc1OC)S(=O)(=O)c1ccc(OC)cc1. The second kappa shape index (κ2) is 16.1. The largest absolute Gasteiger partial charge is 0.497 e. The summed E-state index contributed by atoms with van der Waals surface area (Å²) >= 11 is 0. The van der Waals surface area contributed by atoms with E-state index in [-0.39, 0.29) is 40.9 Å². The molecule has 4 aromatic rings. The number of halogens is 1. The van der Waals surface area contributed by atoms with E-state index in [2.05, 4.69) is 5.32 Å². The second-order valence-electron chi connectivity index (χ2n) is 11.0. The highest BCUT2D eigenvalue weighted by Crippen LogP contribution is 2.33. The minimum atomic E-state index is -4.37. The van der Waals surface area contributed by atoms with Crippen LogP contribution in [0.1, 0.15) is 31.4 Å². The number of para-hydroxylation sites is 2. The average Bonchev–Trinajstić information content (AvgIpc) is 3.09. The molecule has 0 unspecified atom stereocenters. The third kappa shape index (κ3) is 8.68. The van der Waals surface area contributed by atoms with Gasteiger partial charge in [-0.2, -0.15) is 0 Å². The summed E-state index contributed by atoms with van der Waals surface area (Å²) in [4.78, 5) is 29.6. The van der Waals surface area contributed by atoms with Crippen LogP contribution in [0, 0.1) is 5.82 Å². The Labute approximate surface area is 276 Å². The summed E-state index contributed by atoms with van der Waals surface area (Å²) in [6.45, 7) is 2.80. The number of sulfonamides is 1. The van der Waals surface area contributed by atoms with E-state index in [0.717, 1.165) is 9.87 Å². The average molecular weight is 662 g/mol. The number of nitrogens with zero attached hydrogens (tertiary/aromatic N) is 2. The van der Waals surface area contributed by atoms with Gasteiger partial charge in [0.2, 0.25) is 11.8 Å². The molecule has 9 nitrogen and oxygen atoms in total. The zero-order valence-electron chi connectivity index (χ0n) is 26.9. The first kappa shape index (κ1) is 35.0. The van der Waals surface area contributed by atoms with Gasteiger partial charge in [-0.1, -0.05) is 67.6 Å². The number of ether oxygens (including phenoxy) is 2. The first-order chi connectivity index (χ1) is 22.6. The van der Waals surface area contributed by atoms with Crippen LogP contribution in [0.25, 0.3) is 0 Å². The molecule has 47 heavy (non-hydrogen) atoms. The van der Waals surface area contributed by atoms with Crippen molar-refractivity contribution in [3.05, 3.63) is 120 Å². The Bertz CT molecular complexity index is 1750. The third-order valence-corrected chi connectivity index (χ3v) is 9.62. The van der Waals surface area contributed by atoms with Gasteiger partial charge in [0.05, 0.1) is 24.8 Å². The maximum Gasteiger partial charge on any atom is 0.264 e. The predicted octanol–water partition coefficient (Wildman–Crippen LogP) is 5.59.